The van der Waals surface area contributed by atoms with Gasteiger partial charge in [-0.1, -0.05) is 37.3 Å². The van der Waals surface area contributed by atoms with Gasteiger partial charge in [0.15, 0.2) is 0 Å². The molecule has 0 saturated carbocycles. The molecular formula is C19H28N2. The molecule has 1 aliphatic heterocycles. The summed E-state index contributed by atoms with van der Waals surface area (Å²) in [5.41, 5.74) is 2.55. The van der Waals surface area contributed by atoms with E-state index < -0.39 is 0 Å². The third-order valence-electron chi connectivity index (χ3n) is 4.06. The lowest BCUT2D eigenvalue weighted by Crippen LogP contribution is -2.28. The average Bonchev–Trinajstić information content (AvgIpc) is 2.70. The zero-order valence-corrected chi connectivity index (χ0v) is 13.6. The molecule has 0 aromatic heterocycles. The lowest BCUT2D eigenvalue weighted by atomic mass is 10.1. The third-order valence-corrected chi connectivity index (χ3v) is 4.06. The van der Waals surface area contributed by atoms with E-state index >= 15 is 0 Å². The second kappa shape index (κ2) is 8.87. The highest BCUT2D eigenvalue weighted by Crippen LogP contribution is 2.09. The predicted molar refractivity (Wildman–Crippen MR) is 90.2 cm³/mol. The minimum absolute atomic E-state index is 1.01. The molecule has 2 rings (SSSR count). The van der Waals surface area contributed by atoms with Crippen LogP contribution in [0.5, 0.6) is 0 Å². The van der Waals surface area contributed by atoms with Crippen LogP contribution in [0.2, 0.25) is 0 Å². The number of unbranched alkanes of at least 4 members (excludes halogenated alkanes) is 2. The summed E-state index contributed by atoms with van der Waals surface area (Å²) in [7, 11) is 2.22. The van der Waals surface area contributed by atoms with E-state index in [0.29, 0.717) is 0 Å². The molecule has 0 aliphatic carbocycles. The first-order chi connectivity index (χ1) is 10.3. The monoisotopic (exact) mass is 284 g/mol. The van der Waals surface area contributed by atoms with Crippen molar-refractivity contribution in [3.05, 3.63) is 35.4 Å². The Hall–Kier alpha value is -1.30. The minimum atomic E-state index is 1.01. The van der Waals surface area contributed by atoms with Crippen LogP contribution in [0.3, 0.4) is 0 Å². The maximum absolute atomic E-state index is 3.26. The van der Waals surface area contributed by atoms with Gasteiger partial charge in [-0.3, -0.25) is 4.90 Å². The van der Waals surface area contributed by atoms with E-state index in [1.165, 1.54) is 51.0 Å². The maximum atomic E-state index is 3.26. The SMILES string of the molecule is CCCCC#Cc1ccc(CN2CCCN(C)CC2)cc1. The summed E-state index contributed by atoms with van der Waals surface area (Å²) in [4.78, 5) is 4.99. The van der Waals surface area contributed by atoms with Crippen LogP contribution < -0.4 is 0 Å². The quantitative estimate of drug-likeness (QED) is 0.618. The Kier molecular flexibility index (Phi) is 6.79. The zero-order chi connectivity index (χ0) is 14.9. The molecule has 1 heterocycles. The Morgan fingerprint density at radius 3 is 2.62 bits per heavy atom. The van der Waals surface area contributed by atoms with E-state index in [9.17, 15) is 0 Å². The molecule has 1 fully saturated rings. The molecule has 0 atom stereocenters. The predicted octanol–water partition coefficient (Wildman–Crippen LogP) is 3.37. The average molecular weight is 284 g/mol. The van der Waals surface area contributed by atoms with Crippen molar-refractivity contribution in [2.24, 2.45) is 0 Å². The molecule has 114 valence electrons. The number of hydrogen-bond donors (Lipinski definition) is 0. The molecule has 0 amide bonds. The first kappa shape index (κ1) is 16.1. The van der Waals surface area contributed by atoms with Gasteiger partial charge in [0.25, 0.3) is 0 Å². The van der Waals surface area contributed by atoms with E-state index in [4.69, 9.17) is 0 Å². The fraction of sp³-hybridized carbons (Fsp3) is 0.579. The summed E-state index contributed by atoms with van der Waals surface area (Å²) in [5.74, 6) is 6.51. The van der Waals surface area contributed by atoms with Crippen molar-refractivity contribution < 1.29 is 0 Å². The lowest BCUT2D eigenvalue weighted by Gasteiger charge is -2.20. The molecule has 0 radical (unpaired) electrons. The van der Waals surface area contributed by atoms with E-state index in [1.54, 1.807) is 0 Å². The van der Waals surface area contributed by atoms with Crippen molar-refractivity contribution in [2.75, 3.05) is 33.2 Å². The van der Waals surface area contributed by atoms with Gasteiger partial charge in [-0.2, -0.15) is 0 Å². The number of hydrogen-bond acceptors (Lipinski definition) is 2. The highest BCUT2D eigenvalue weighted by Gasteiger charge is 2.11. The van der Waals surface area contributed by atoms with Crippen LogP contribution in [0, 0.1) is 11.8 Å². The van der Waals surface area contributed by atoms with E-state index in [2.05, 4.69) is 59.9 Å². The molecule has 0 bridgehead atoms. The van der Waals surface area contributed by atoms with Gasteiger partial charge in [0, 0.05) is 31.6 Å². The van der Waals surface area contributed by atoms with Crippen molar-refractivity contribution >= 4 is 0 Å². The van der Waals surface area contributed by atoms with Gasteiger partial charge in [0.2, 0.25) is 0 Å². The summed E-state index contributed by atoms with van der Waals surface area (Å²) in [5, 5.41) is 0. The van der Waals surface area contributed by atoms with Crippen molar-refractivity contribution in [3.8, 4) is 11.8 Å². The standard InChI is InChI=1S/C19H28N2/c1-3-4-5-6-8-18-9-11-19(12-10-18)17-21-14-7-13-20(2)15-16-21/h9-12H,3-5,7,13-17H2,1-2H3. The Morgan fingerprint density at radius 1 is 1.05 bits per heavy atom. The largest absolute Gasteiger partial charge is 0.305 e. The van der Waals surface area contributed by atoms with E-state index in [0.717, 1.165) is 18.5 Å². The van der Waals surface area contributed by atoms with Gasteiger partial charge >= 0.3 is 0 Å². The van der Waals surface area contributed by atoms with Crippen LogP contribution in [0.15, 0.2) is 24.3 Å². The molecule has 21 heavy (non-hydrogen) atoms. The number of nitrogens with zero attached hydrogens (tertiary/aromatic N) is 2. The van der Waals surface area contributed by atoms with E-state index in [1.807, 2.05) is 0 Å². The Balaban J connectivity index is 1.85. The maximum Gasteiger partial charge on any atom is 0.0245 e. The van der Waals surface area contributed by atoms with Crippen molar-refractivity contribution in [2.45, 2.75) is 39.2 Å². The molecule has 2 nitrogen and oxygen atoms in total. The van der Waals surface area contributed by atoms with Gasteiger partial charge in [-0.25, -0.2) is 0 Å². The summed E-state index contributed by atoms with van der Waals surface area (Å²) < 4.78 is 0. The van der Waals surface area contributed by atoms with Gasteiger partial charge in [0.05, 0.1) is 0 Å². The lowest BCUT2D eigenvalue weighted by molar-refractivity contribution is 0.269. The molecule has 1 aromatic rings. The second-order valence-corrected chi connectivity index (χ2v) is 6.04. The molecular weight excluding hydrogens is 256 g/mol. The number of rotatable bonds is 4. The number of likely N-dealkylation sites (N-methyl/N-ethyl adjacent to an activating group) is 1. The molecule has 1 saturated heterocycles. The van der Waals surface area contributed by atoms with Crippen LogP contribution in [0.4, 0.5) is 0 Å². The van der Waals surface area contributed by atoms with Crippen molar-refractivity contribution in [3.63, 3.8) is 0 Å². The van der Waals surface area contributed by atoms with Crippen molar-refractivity contribution in [1.29, 1.82) is 0 Å². The van der Waals surface area contributed by atoms with Crippen molar-refractivity contribution in [1.82, 2.24) is 9.80 Å². The van der Waals surface area contributed by atoms with Crippen LogP contribution in [-0.2, 0) is 6.54 Å². The van der Waals surface area contributed by atoms with Gasteiger partial charge < -0.3 is 4.90 Å². The summed E-state index contributed by atoms with van der Waals surface area (Å²) >= 11 is 0. The Labute approximate surface area is 130 Å². The van der Waals surface area contributed by atoms with Gasteiger partial charge in [-0.15, -0.1) is 0 Å². The first-order valence-electron chi connectivity index (χ1n) is 8.26. The first-order valence-corrected chi connectivity index (χ1v) is 8.26. The zero-order valence-electron chi connectivity index (χ0n) is 13.6. The fourth-order valence-electron chi connectivity index (χ4n) is 2.64. The Bertz CT molecular complexity index is 467. The summed E-state index contributed by atoms with van der Waals surface area (Å²) in [6.45, 7) is 8.07. The molecule has 0 spiro atoms. The number of benzene rings is 1. The third kappa shape index (κ3) is 5.91. The topological polar surface area (TPSA) is 6.48 Å². The molecule has 1 aromatic carbocycles. The normalized spacial score (nSPS) is 17.0. The summed E-state index contributed by atoms with van der Waals surface area (Å²) in [6, 6.07) is 8.80. The minimum Gasteiger partial charge on any atom is -0.305 e. The fourth-order valence-corrected chi connectivity index (χ4v) is 2.64. The smallest absolute Gasteiger partial charge is 0.0245 e. The van der Waals surface area contributed by atoms with Crippen LogP contribution in [0.25, 0.3) is 0 Å². The summed E-state index contributed by atoms with van der Waals surface area (Å²) in [6.07, 6.45) is 4.71. The highest BCUT2D eigenvalue weighted by atomic mass is 15.2. The highest BCUT2D eigenvalue weighted by molar-refractivity contribution is 5.36. The van der Waals surface area contributed by atoms with E-state index in [-0.39, 0.29) is 0 Å². The van der Waals surface area contributed by atoms with Crippen LogP contribution >= 0.6 is 0 Å². The van der Waals surface area contributed by atoms with Gasteiger partial charge in [-0.05, 0) is 50.7 Å². The van der Waals surface area contributed by atoms with Crippen LogP contribution in [-0.4, -0.2) is 43.0 Å². The molecule has 1 aliphatic rings. The second-order valence-electron chi connectivity index (χ2n) is 6.04. The van der Waals surface area contributed by atoms with Gasteiger partial charge in [0.1, 0.15) is 0 Å². The molecule has 0 unspecified atom stereocenters. The molecule has 0 N–H and O–H groups in total. The Morgan fingerprint density at radius 2 is 1.86 bits per heavy atom. The molecule has 2 heteroatoms. The van der Waals surface area contributed by atoms with Crippen LogP contribution in [0.1, 0.15) is 43.7 Å².